The third kappa shape index (κ3) is 4.18. The lowest BCUT2D eigenvalue weighted by atomic mass is 10.2. The zero-order valence-electron chi connectivity index (χ0n) is 14.8. The average molecular weight is 351 g/mol. The van der Waals surface area contributed by atoms with Crippen LogP contribution >= 0.6 is 0 Å². The Morgan fingerprint density at radius 2 is 2.04 bits per heavy atom. The minimum atomic E-state index is -0.180. The minimum Gasteiger partial charge on any atom is -0.489 e. The lowest BCUT2D eigenvalue weighted by Gasteiger charge is -2.10. The van der Waals surface area contributed by atoms with Gasteiger partial charge in [-0.15, -0.1) is 0 Å². The van der Waals surface area contributed by atoms with E-state index in [2.05, 4.69) is 20.7 Å². The highest BCUT2D eigenvalue weighted by Gasteiger charge is 2.15. The van der Waals surface area contributed by atoms with Crippen molar-refractivity contribution in [2.75, 3.05) is 12.4 Å². The molecule has 0 aliphatic rings. The van der Waals surface area contributed by atoms with Crippen LogP contribution in [0.25, 0.3) is 0 Å². The van der Waals surface area contributed by atoms with E-state index < -0.39 is 0 Å². The van der Waals surface area contributed by atoms with E-state index in [-0.39, 0.29) is 5.91 Å². The van der Waals surface area contributed by atoms with Gasteiger partial charge in [-0.3, -0.25) is 14.5 Å². The van der Waals surface area contributed by atoms with Crippen molar-refractivity contribution in [2.45, 2.75) is 13.2 Å². The Labute approximate surface area is 152 Å². The van der Waals surface area contributed by atoms with Gasteiger partial charge in [0.25, 0.3) is 5.91 Å². The number of aryl methyl sites for hydroxylation is 1. The van der Waals surface area contributed by atoms with Gasteiger partial charge in [-0.2, -0.15) is 5.10 Å². The SMILES string of the molecule is CNC(=O)c1c(NCc2cccc(OCc3cccnc3)c2)cnn1C. The van der Waals surface area contributed by atoms with Gasteiger partial charge in [-0.25, -0.2) is 0 Å². The van der Waals surface area contributed by atoms with Gasteiger partial charge in [0.15, 0.2) is 0 Å². The Kier molecular flexibility index (Phi) is 5.48. The molecule has 0 bridgehead atoms. The Balaban J connectivity index is 1.63. The van der Waals surface area contributed by atoms with Crippen LogP contribution in [0.1, 0.15) is 21.6 Å². The highest BCUT2D eigenvalue weighted by Crippen LogP contribution is 2.18. The summed E-state index contributed by atoms with van der Waals surface area (Å²) < 4.78 is 7.37. The van der Waals surface area contributed by atoms with E-state index in [0.29, 0.717) is 24.5 Å². The van der Waals surface area contributed by atoms with Crippen LogP contribution in [0.3, 0.4) is 0 Å². The minimum absolute atomic E-state index is 0.180. The molecule has 1 aromatic carbocycles. The van der Waals surface area contributed by atoms with Crippen LogP contribution < -0.4 is 15.4 Å². The highest BCUT2D eigenvalue weighted by molar-refractivity contribution is 5.97. The van der Waals surface area contributed by atoms with Gasteiger partial charge in [0.05, 0.1) is 11.9 Å². The van der Waals surface area contributed by atoms with Gasteiger partial charge in [-0.1, -0.05) is 18.2 Å². The second kappa shape index (κ2) is 8.15. The molecule has 7 heteroatoms. The first-order valence-corrected chi connectivity index (χ1v) is 8.26. The molecule has 0 aliphatic heterocycles. The Morgan fingerprint density at radius 1 is 1.19 bits per heavy atom. The fourth-order valence-corrected chi connectivity index (χ4v) is 2.55. The quantitative estimate of drug-likeness (QED) is 0.683. The first kappa shape index (κ1) is 17.5. The summed E-state index contributed by atoms with van der Waals surface area (Å²) in [5, 5.41) is 10.0. The van der Waals surface area contributed by atoms with Crippen LogP contribution in [0, 0.1) is 0 Å². The summed E-state index contributed by atoms with van der Waals surface area (Å²) in [6.45, 7) is 1.02. The van der Waals surface area contributed by atoms with E-state index >= 15 is 0 Å². The summed E-state index contributed by atoms with van der Waals surface area (Å²) in [4.78, 5) is 16.0. The number of hydrogen-bond acceptors (Lipinski definition) is 5. The summed E-state index contributed by atoms with van der Waals surface area (Å²) in [6, 6.07) is 11.7. The Morgan fingerprint density at radius 3 is 2.81 bits per heavy atom. The standard InChI is InChI=1S/C19H21N5O2/c1-20-19(25)18-17(12-23-24(18)2)22-11-14-5-3-7-16(9-14)26-13-15-6-4-8-21-10-15/h3-10,12,22H,11,13H2,1-2H3,(H,20,25). The summed E-state index contributed by atoms with van der Waals surface area (Å²) in [5.74, 6) is 0.604. The number of benzene rings is 1. The van der Waals surface area contributed by atoms with Crippen molar-refractivity contribution in [3.63, 3.8) is 0 Å². The van der Waals surface area contributed by atoms with Crippen LogP contribution in [0.15, 0.2) is 55.0 Å². The molecule has 2 N–H and O–H groups in total. The number of ether oxygens (including phenoxy) is 1. The summed E-state index contributed by atoms with van der Waals surface area (Å²) in [6.07, 6.45) is 5.17. The van der Waals surface area contributed by atoms with E-state index in [1.165, 1.54) is 0 Å². The molecule has 0 fully saturated rings. The van der Waals surface area contributed by atoms with Crippen LogP contribution in [0.4, 0.5) is 5.69 Å². The van der Waals surface area contributed by atoms with Crippen molar-refractivity contribution in [3.05, 3.63) is 71.8 Å². The summed E-state index contributed by atoms with van der Waals surface area (Å²) in [7, 11) is 3.34. The molecule has 0 aliphatic carbocycles. The number of carbonyl (C=O) groups is 1. The molecule has 0 atom stereocenters. The van der Waals surface area contributed by atoms with Crippen molar-refractivity contribution >= 4 is 11.6 Å². The van der Waals surface area contributed by atoms with Gasteiger partial charge < -0.3 is 15.4 Å². The van der Waals surface area contributed by atoms with Crippen molar-refractivity contribution in [3.8, 4) is 5.75 Å². The van der Waals surface area contributed by atoms with Gasteiger partial charge in [0.1, 0.15) is 18.1 Å². The summed E-state index contributed by atoms with van der Waals surface area (Å²) in [5.41, 5.74) is 3.24. The number of pyridine rings is 1. The number of amides is 1. The lowest BCUT2D eigenvalue weighted by molar-refractivity contribution is 0.0954. The van der Waals surface area contributed by atoms with Gasteiger partial charge in [0.2, 0.25) is 0 Å². The molecule has 2 aromatic heterocycles. The fraction of sp³-hybridized carbons (Fsp3) is 0.211. The topological polar surface area (TPSA) is 81.1 Å². The second-order valence-electron chi connectivity index (χ2n) is 5.76. The largest absolute Gasteiger partial charge is 0.489 e. The van der Waals surface area contributed by atoms with E-state index in [4.69, 9.17) is 4.74 Å². The molecular formula is C19H21N5O2. The molecule has 0 unspecified atom stereocenters. The molecule has 0 spiro atoms. The van der Waals surface area contributed by atoms with Crippen molar-refractivity contribution < 1.29 is 9.53 Å². The zero-order valence-corrected chi connectivity index (χ0v) is 14.8. The Hall–Kier alpha value is -3.35. The molecule has 7 nitrogen and oxygen atoms in total. The molecule has 3 aromatic rings. The van der Waals surface area contributed by atoms with Gasteiger partial charge in [0, 0.05) is 38.6 Å². The van der Waals surface area contributed by atoms with Crippen LogP contribution in [-0.2, 0) is 20.2 Å². The Bertz CT molecular complexity index is 877. The number of nitrogens with one attached hydrogen (secondary N) is 2. The van der Waals surface area contributed by atoms with E-state index in [1.807, 2.05) is 36.4 Å². The molecule has 0 saturated heterocycles. The van der Waals surface area contributed by atoms with E-state index in [9.17, 15) is 4.79 Å². The predicted octanol–water partition coefficient (Wildman–Crippen LogP) is 2.37. The highest BCUT2D eigenvalue weighted by atomic mass is 16.5. The number of aromatic nitrogens is 3. The van der Waals surface area contributed by atoms with Crippen molar-refractivity contribution in [2.24, 2.45) is 7.05 Å². The zero-order chi connectivity index (χ0) is 18.4. The fourth-order valence-electron chi connectivity index (χ4n) is 2.55. The van der Waals surface area contributed by atoms with Gasteiger partial charge in [-0.05, 0) is 23.8 Å². The molecule has 0 saturated carbocycles. The van der Waals surface area contributed by atoms with E-state index in [0.717, 1.165) is 16.9 Å². The molecule has 2 heterocycles. The maximum atomic E-state index is 12.0. The normalized spacial score (nSPS) is 10.4. The maximum absolute atomic E-state index is 12.0. The first-order valence-electron chi connectivity index (χ1n) is 8.26. The molecule has 26 heavy (non-hydrogen) atoms. The number of carbonyl (C=O) groups excluding carboxylic acids is 1. The van der Waals surface area contributed by atoms with Crippen molar-refractivity contribution in [1.82, 2.24) is 20.1 Å². The predicted molar refractivity (Wildman–Crippen MR) is 98.9 cm³/mol. The molecule has 3 rings (SSSR count). The van der Waals surface area contributed by atoms with Crippen LogP contribution in [0.5, 0.6) is 5.75 Å². The average Bonchev–Trinajstić information content (AvgIpc) is 3.06. The monoisotopic (exact) mass is 351 g/mol. The smallest absolute Gasteiger partial charge is 0.271 e. The van der Waals surface area contributed by atoms with Crippen LogP contribution in [0.2, 0.25) is 0 Å². The molecule has 0 radical (unpaired) electrons. The number of nitrogens with zero attached hydrogens (tertiary/aromatic N) is 3. The van der Waals surface area contributed by atoms with Crippen LogP contribution in [-0.4, -0.2) is 27.7 Å². The van der Waals surface area contributed by atoms with Gasteiger partial charge >= 0.3 is 0 Å². The number of anilines is 1. The first-order chi connectivity index (χ1) is 12.7. The molecule has 134 valence electrons. The molecular weight excluding hydrogens is 330 g/mol. The third-order valence-corrected chi connectivity index (χ3v) is 3.89. The van der Waals surface area contributed by atoms with E-state index in [1.54, 1.807) is 37.4 Å². The number of hydrogen-bond donors (Lipinski definition) is 2. The lowest BCUT2D eigenvalue weighted by Crippen LogP contribution is -2.22. The second-order valence-corrected chi connectivity index (χ2v) is 5.76. The third-order valence-electron chi connectivity index (χ3n) is 3.89. The van der Waals surface area contributed by atoms with Crippen molar-refractivity contribution in [1.29, 1.82) is 0 Å². The summed E-state index contributed by atoms with van der Waals surface area (Å²) >= 11 is 0. The maximum Gasteiger partial charge on any atom is 0.271 e. The number of rotatable bonds is 7. The molecule has 1 amide bonds.